The summed E-state index contributed by atoms with van der Waals surface area (Å²) in [7, 11) is 0. The SMILES string of the molecule is C#CCCCC1CC1OC(C)=O. The second-order valence-corrected chi connectivity index (χ2v) is 3.24. The van der Waals surface area contributed by atoms with Crippen LogP contribution in [-0.4, -0.2) is 12.1 Å². The minimum Gasteiger partial charge on any atom is -0.462 e. The summed E-state index contributed by atoms with van der Waals surface area (Å²) in [5.41, 5.74) is 0. The summed E-state index contributed by atoms with van der Waals surface area (Å²) in [5, 5.41) is 0. The Labute approximate surface area is 73.3 Å². The molecule has 0 spiro atoms. The molecule has 0 aromatic carbocycles. The third kappa shape index (κ3) is 2.96. The van der Waals surface area contributed by atoms with Crippen molar-refractivity contribution in [2.24, 2.45) is 5.92 Å². The molecule has 2 atom stereocenters. The molecule has 1 rings (SSSR count). The second kappa shape index (κ2) is 4.15. The first kappa shape index (κ1) is 9.12. The molecule has 2 nitrogen and oxygen atoms in total. The van der Waals surface area contributed by atoms with Crippen molar-refractivity contribution >= 4 is 5.97 Å². The van der Waals surface area contributed by atoms with Gasteiger partial charge in [0.05, 0.1) is 0 Å². The Bertz CT molecular complexity index is 202. The number of hydrogen-bond donors (Lipinski definition) is 0. The third-order valence-electron chi connectivity index (χ3n) is 2.07. The van der Waals surface area contributed by atoms with Gasteiger partial charge in [-0.25, -0.2) is 0 Å². The van der Waals surface area contributed by atoms with Crippen LogP contribution in [0.5, 0.6) is 0 Å². The predicted molar refractivity (Wildman–Crippen MR) is 46.3 cm³/mol. The first-order valence-corrected chi connectivity index (χ1v) is 4.34. The van der Waals surface area contributed by atoms with E-state index in [1.54, 1.807) is 0 Å². The van der Waals surface area contributed by atoms with E-state index in [4.69, 9.17) is 11.2 Å². The smallest absolute Gasteiger partial charge is 0.302 e. The van der Waals surface area contributed by atoms with E-state index in [2.05, 4.69) is 5.92 Å². The normalized spacial score (nSPS) is 26.0. The van der Waals surface area contributed by atoms with E-state index in [-0.39, 0.29) is 12.1 Å². The van der Waals surface area contributed by atoms with Gasteiger partial charge < -0.3 is 4.74 Å². The van der Waals surface area contributed by atoms with Crippen molar-refractivity contribution < 1.29 is 9.53 Å². The summed E-state index contributed by atoms with van der Waals surface area (Å²) in [6.45, 7) is 1.46. The first-order chi connectivity index (χ1) is 5.74. The molecular weight excluding hydrogens is 152 g/mol. The fourth-order valence-corrected chi connectivity index (χ4v) is 1.35. The Morgan fingerprint density at radius 3 is 3.08 bits per heavy atom. The Kier molecular flexibility index (Phi) is 3.16. The van der Waals surface area contributed by atoms with Gasteiger partial charge in [0.2, 0.25) is 0 Å². The molecule has 0 aliphatic heterocycles. The highest BCUT2D eigenvalue weighted by molar-refractivity contribution is 5.66. The first-order valence-electron chi connectivity index (χ1n) is 4.34. The summed E-state index contributed by atoms with van der Waals surface area (Å²) in [6, 6.07) is 0. The van der Waals surface area contributed by atoms with Gasteiger partial charge in [0.25, 0.3) is 0 Å². The van der Waals surface area contributed by atoms with Gasteiger partial charge in [0, 0.05) is 13.3 Å². The molecule has 0 amide bonds. The van der Waals surface area contributed by atoms with Gasteiger partial charge in [-0.2, -0.15) is 0 Å². The summed E-state index contributed by atoms with van der Waals surface area (Å²) in [5.74, 6) is 3.02. The van der Waals surface area contributed by atoms with Gasteiger partial charge in [-0.1, -0.05) is 0 Å². The zero-order valence-corrected chi connectivity index (χ0v) is 7.38. The minimum atomic E-state index is -0.167. The lowest BCUT2D eigenvalue weighted by atomic mass is 10.2. The van der Waals surface area contributed by atoms with Gasteiger partial charge in [-0.05, 0) is 25.2 Å². The molecule has 0 bridgehead atoms. The Morgan fingerprint density at radius 2 is 2.50 bits per heavy atom. The van der Waals surface area contributed by atoms with Crippen LogP contribution in [0.4, 0.5) is 0 Å². The molecule has 0 aromatic heterocycles. The quantitative estimate of drug-likeness (QED) is 0.361. The molecule has 0 aromatic rings. The molecule has 2 heteroatoms. The number of esters is 1. The molecule has 0 N–H and O–H groups in total. The number of unbranched alkanes of at least 4 members (excludes halogenated alkanes) is 1. The lowest BCUT2D eigenvalue weighted by Crippen LogP contribution is -2.02. The van der Waals surface area contributed by atoms with E-state index >= 15 is 0 Å². The number of hydrogen-bond acceptors (Lipinski definition) is 2. The van der Waals surface area contributed by atoms with Crippen LogP contribution in [0, 0.1) is 18.3 Å². The van der Waals surface area contributed by atoms with Crippen LogP contribution < -0.4 is 0 Å². The molecule has 0 saturated heterocycles. The van der Waals surface area contributed by atoms with E-state index in [1.165, 1.54) is 6.92 Å². The summed E-state index contributed by atoms with van der Waals surface area (Å²) >= 11 is 0. The van der Waals surface area contributed by atoms with Crippen LogP contribution in [0.25, 0.3) is 0 Å². The van der Waals surface area contributed by atoms with Crippen molar-refractivity contribution in [2.45, 2.75) is 38.7 Å². The molecule has 0 radical (unpaired) electrons. The maximum Gasteiger partial charge on any atom is 0.302 e. The molecule has 12 heavy (non-hydrogen) atoms. The number of terminal acetylenes is 1. The molecule has 1 fully saturated rings. The van der Waals surface area contributed by atoms with E-state index in [0.29, 0.717) is 5.92 Å². The van der Waals surface area contributed by atoms with Crippen molar-refractivity contribution in [1.82, 2.24) is 0 Å². The number of rotatable bonds is 4. The highest BCUT2D eigenvalue weighted by atomic mass is 16.5. The lowest BCUT2D eigenvalue weighted by molar-refractivity contribution is -0.142. The van der Waals surface area contributed by atoms with Crippen LogP contribution >= 0.6 is 0 Å². The van der Waals surface area contributed by atoms with Gasteiger partial charge in [0.15, 0.2) is 0 Å². The molecule has 66 valence electrons. The predicted octanol–water partition coefficient (Wildman–Crippen LogP) is 1.74. The van der Waals surface area contributed by atoms with Crippen LogP contribution in [0.15, 0.2) is 0 Å². The molecule has 0 heterocycles. The van der Waals surface area contributed by atoms with Gasteiger partial charge in [-0.3, -0.25) is 4.79 Å². The van der Waals surface area contributed by atoms with Crippen molar-refractivity contribution in [3.8, 4) is 12.3 Å². The summed E-state index contributed by atoms with van der Waals surface area (Å²) in [6.07, 6.45) is 9.33. The fourth-order valence-electron chi connectivity index (χ4n) is 1.35. The largest absolute Gasteiger partial charge is 0.462 e. The molecule has 2 unspecified atom stereocenters. The maximum atomic E-state index is 10.5. The lowest BCUT2D eigenvalue weighted by Gasteiger charge is -1.98. The van der Waals surface area contributed by atoms with Crippen molar-refractivity contribution in [2.75, 3.05) is 0 Å². The topological polar surface area (TPSA) is 26.3 Å². The van der Waals surface area contributed by atoms with Gasteiger partial charge >= 0.3 is 5.97 Å². The standard InChI is InChI=1S/C10H14O2/c1-3-4-5-6-9-7-10(9)12-8(2)11/h1,9-10H,4-7H2,2H3. The average molecular weight is 166 g/mol. The zero-order valence-electron chi connectivity index (χ0n) is 7.38. The van der Waals surface area contributed by atoms with E-state index in [9.17, 15) is 4.79 Å². The van der Waals surface area contributed by atoms with E-state index in [1.807, 2.05) is 0 Å². The fraction of sp³-hybridized carbons (Fsp3) is 0.700. The minimum absolute atomic E-state index is 0.167. The highest BCUT2D eigenvalue weighted by Gasteiger charge is 2.39. The van der Waals surface area contributed by atoms with Gasteiger partial charge in [0.1, 0.15) is 6.10 Å². The monoisotopic (exact) mass is 166 g/mol. The highest BCUT2D eigenvalue weighted by Crippen LogP contribution is 2.37. The van der Waals surface area contributed by atoms with E-state index in [0.717, 1.165) is 25.7 Å². The van der Waals surface area contributed by atoms with E-state index < -0.39 is 0 Å². The Hall–Kier alpha value is -0.970. The molecule has 1 aliphatic carbocycles. The van der Waals surface area contributed by atoms with Crippen LogP contribution in [0.2, 0.25) is 0 Å². The number of ether oxygens (including phenoxy) is 1. The molecule has 1 aliphatic rings. The second-order valence-electron chi connectivity index (χ2n) is 3.24. The van der Waals surface area contributed by atoms with Crippen LogP contribution in [0.1, 0.15) is 32.6 Å². The molecular formula is C10H14O2. The van der Waals surface area contributed by atoms with Crippen LogP contribution in [-0.2, 0) is 9.53 Å². The number of carbonyl (C=O) groups is 1. The zero-order chi connectivity index (χ0) is 8.97. The summed E-state index contributed by atoms with van der Waals surface area (Å²) < 4.78 is 5.01. The number of carbonyl (C=O) groups excluding carboxylic acids is 1. The molecule has 1 saturated carbocycles. The average Bonchev–Trinajstić information content (AvgIpc) is 2.67. The summed E-state index contributed by atoms with van der Waals surface area (Å²) in [4.78, 5) is 10.5. The van der Waals surface area contributed by atoms with Gasteiger partial charge in [-0.15, -0.1) is 12.3 Å². The third-order valence-corrected chi connectivity index (χ3v) is 2.07. The van der Waals surface area contributed by atoms with Crippen molar-refractivity contribution in [3.05, 3.63) is 0 Å². The van der Waals surface area contributed by atoms with Crippen LogP contribution in [0.3, 0.4) is 0 Å². The van der Waals surface area contributed by atoms with Crippen molar-refractivity contribution in [1.29, 1.82) is 0 Å². The Morgan fingerprint density at radius 1 is 1.75 bits per heavy atom. The van der Waals surface area contributed by atoms with Crippen molar-refractivity contribution in [3.63, 3.8) is 0 Å². The maximum absolute atomic E-state index is 10.5. The Balaban J connectivity index is 2.01.